The molecule has 3 amide bonds. The first kappa shape index (κ1) is 24.0. The van der Waals surface area contributed by atoms with Crippen LogP contribution in [0.2, 0.25) is 15.1 Å². The highest BCUT2D eigenvalue weighted by Gasteiger charge is 2.37. The number of hydrogen-bond acceptors (Lipinski definition) is 5. The summed E-state index contributed by atoms with van der Waals surface area (Å²) in [5, 5.41) is 0.601. The highest BCUT2D eigenvalue weighted by atomic mass is 35.5. The molecule has 0 aliphatic carbocycles. The quantitative estimate of drug-likeness (QED) is 0.440. The number of hydrogen-bond donors (Lipinski definition) is 0. The molecule has 0 atom stereocenters. The number of rotatable bonds is 6. The van der Waals surface area contributed by atoms with Gasteiger partial charge in [-0.2, -0.15) is 0 Å². The first-order valence-corrected chi connectivity index (χ1v) is 12.2. The zero-order valence-corrected chi connectivity index (χ0v) is 20.4. The minimum Gasteiger partial charge on any atom is -0.486 e. The van der Waals surface area contributed by atoms with Gasteiger partial charge in [-0.15, -0.1) is 0 Å². The van der Waals surface area contributed by atoms with Gasteiger partial charge < -0.3 is 9.64 Å². The molecule has 33 heavy (non-hydrogen) atoms. The molecular weight excluding hydrogens is 507 g/mol. The van der Waals surface area contributed by atoms with Crippen LogP contribution in [0.5, 0.6) is 5.75 Å². The predicted molar refractivity (Wildman–Crippen MR) is 131 cm³/mol. The zero-order chi connectivity index (χ0) is 23.5. The summed E-state index contributed by atoms with van der Waals surface area (Å²) in [6.07, 6.45) is 3.40. The lowest BCUT2D eigenvalue weighted by atomic mass is 10.2. The van der Waals surface area contributed by atoms with Gasteiger partial charge in [0.15, 0.2) is 5.75 Å². The second-order valence-electron chi connectivity index (χ2n) is 7.55. The molecule has 2 aliphatic heterocycles. The molecule has 0 radical (unpaired) electrons. The van der Waals surface area contributed by atoms with Crippen LogP contribution < -0.4 is 4.74 Å². The Morgan fingerprint density at radius 1 is 1.03 bits per heavy atom. The first-order valence-electron chi connectivity index (χ1n) is 10.2. The van der Waals surface area contributed by atoms with Gasteiger partial charge in [0.2, 0.25) is 5.91 Å². The van der Waals surface area contributed by atoms with Crippen molar-refractivity contribution in [2.75, 3.05) is 19.6 Å². The Morgan fingerprint density at radius 2 is 1.70 bits per heavy atom. The first-order chi connectivity index (χ1) is 15.8. The molecule has 2 saturated heterocycles. The second kappa shape index (κ2) is 10.4. The molecule has 2 fully saturated rings. The lowest BCUT2D eigenvalue weighted by Crippen LogP contribution is -2.40. The average Bonchev–Trinajstić information content (AvgIpc) is 3.39. The van der Waals surface area contributed by atoms with Crippen LogP contribution in [0.4, 0.5) is 4.79 Å². The van der Waals surface area contributed by atoms with Crippen LogP contribution >= 0.6 is 46.6 Å². The summed E-state index contributed by atoms with van der Waals surface area (Å²) < 4.78 is 5.76. The number of likely N-dealkylation sites (tertiary alicyclic amines) is 1. The van der Waals surface area contributed by atoms with Crippen LogP contribution in [0.3, 0.4) is 0 Å². The zero-order valence-electron chi connectivity index (χ0n) is 17.4. The number of nitrogens with zero attached hydrogens (tertiary/aromatic N) is 2. The van der Waals surface area contributed by atoms with E-state index in [1.807, 2.05) is 18.2 Å². The van der Waals surface area contributed by atoms with E-state index in [0.29, 0.717) is 29.4 Å². The Kier molecular flexibility index (Phi) is 7.54. The second-order valence-corrected chi connectivity index (χ2v) is 9.76. The molecule has 6 nitrogen and oxygen atoms in total. The molecule has 2 heterocycles. The van der Waals surface area contributed by atoms with Crippen molar-refractivity contribution in [1.82, 2.24) is 9.80 Å². The van der Waals surface area contributed by atoms with Crippen molar-refractivity contribution < 1.29 is 19.1 Å². The molecule has 0 saturated carbocycles. The van der Waals surface area contributed by atoms with Crippen LogP contribution in [0, 0.1) is 0 Å². The number of ether oxygens (including phenoxy) is 1. The Labute approximate surface area is 210 Å². The summed E-state index contributed by atoms with van der Waals surface area (Å²) in [4.78, 5) is 40.3. The summed E-state index contributed by atoms with van der Waals surface area (Å²) in [6.45, 7) is 1.25. The van der Waals surface area contributed by atoms with Crippen LogP contribution in [-0.2, 0) is 16.2 Å². The van der Waals surface area contributed by atoms with Crippen LogP contribution in [0.15, 0.2) is 41.3 Å². The molecule has 0 bridgehead atoms. The number of carbonyl (C=O) groups excluding carboxylic acids is 3. The molecular formula is C23H19Cl3N2O4S. The fourth-order valence-electron chi connectivity index (χ4n) is 3.56. The highest BCUT2D eigenvalue weighted by Crippen LogP contribution is 2.38. The molecule has 0 unspecified atom stereocenters. The minimum atomic E-state index is -0.510. The van der Waals surface area contributed by atoms with Gasteiger partial charge in [0, 0.05) is 23.7 Å². The van der Waals surface area contributed by atoms with E-state index in [4.69, 9.17) is 39.5 Å². The van der Waals surface area contributed by atoms with Gasteiger partial charge in [-0.25, -0.2) is 0 Å². The number of benzene rings is 2. The maximum absolute atomic E-state index is 12.7. The van der Waals surface area contributed by atoms with Crippen molar-refractivity contribution in [2.24, 2.45) is 0 Å². The Bertz CT molecular complexity index is 1130. The minimum absolute atomic E-state index is 0.183. The molecule has 2 aromatic carbocycles. The fourth-order valence-corrected chi connectivity index (χ4v) is 5.20. The van der Waals surface area contributed by atoms with E-state index in [-0.39, 0.29) is 34.0 Å². The smallest absolute Gasteiger partial charge is 0.294 e. The monoisotopic (exact) mass is 524 g/mol. The van der Waals surface area contributed by atoms with E-state index in [1.54, 1.807) is 23.1 Å². The summed E-state index contributed by atoms with van der Waals surface area (Å²) in [6, 6.07) is 10.5. The Morgan fingerprint density at radius 3 is 2.36 bits per heavy atom. The average molecular weight is 526 g/mol. The normalized spacial score (nSPS) is 17.4. The largest absolute Gasteiger partial charge is 0.486 e. The molecule has 172 valence electrons. The maximum atomic E-state index is 12.7. The number of thioether (sulfide) groups is 1. The van der Waals surface area contributed by atoms with E-state index >= 15 is 0 Å². The number of halogens is 3. The van der Waals surface area contributed by atoms with Crippen molar-refractivity contribution >= 4 is 69.7 Å². The summed E-state index contributed by atoms with van der Waals surface area (Å²) in [5.74, 6) is -0.439. The SMILES string of the molecule is O=C(CN1C(=O)S/C(=C/c2cc(Cl)c(OCc3ccccc3Cl)c(Cl)c2)C1=O)N1CCCC1. The van der Waals surface area contributed by atoms with E-state index < -0.39 is 11.1 Å². The van der Waals surface area contributed by atoms with Gasteiger partial charge in [-0.1, -0.05) is 53.0 Å². The predicted octanol–water partition coefficient (Wildman–Crippen LogP) is 5.88. The lowest BCUT2D eigenvalue weighted by molar-refractivity contribution is -0.135. The van der Waals surface area contributed by atoms with Crippen molar-refractivity contribution in [1.29, 1.82) is 0 Å². The van der Waals surface area contributed by atoms with E-state index in [1.165, 1.54) is 6.08 Å². The van der Waals surface area contributed by atoms with Crippen molar-refractivity contribution in [3.63, 3.8) is 0 Å². The molecule has 0 N–H and O–H groups in total. The van der Waals surface area contributed by atoms with Gasteiger partial charge in [0.25, 0.3) is 11.1 Å². The summed E-state index contributed by atoms with van der Waals surface area (Å²) in [7, 11) is 0. The number of carbonyl (C=O) groups is 3. The van der Waals surface area contributed by atoms with E-state index in [2.05, 4.69) is 0 Å². The molecule has 0 aromatic heterocycles. The van der Waals surface area contributed by atoms with Crippen molar-refractivity contribution in [3.8, 4) is 5.75 Å². The van der Waals surface area contributed by atoms with Gasteiger partial charge in [0.05, 0.1) is 15.0 Å². The number of imide groups is 1. The number of amides is 3. The maximum Gasteiger partial charge on any atom is 0.294 e. The third-order valence-corrected chi connectivity index (χ3v) is 7.11. The molecule has 4 rings (SSSR count). The topological polar surface area (TPSA) is 66.9 Å². The lowest BCUT2D eigenvalue weighted by Gasteiger charge is -2.18. The van der Waals surface area contributed by atoms with Crippen molar-refractivity contribution in [3.05, 3.63) is 67.5 Å². The third-order valence-electron chi connectivity index (χ3n) is 5.27. The van der Waals surface area contributed by atoms with Crippen LogP contribution in [0.25, 0.3) is 6.08 Å². The third kappa shape index (κ3) is 5.49. The standard InChI is InChI=1S/C23H19Cl3N2O4S/c24-16-6-2-1-5-15(16)13-32-21-17(25)9-14(10-18(21)26)11-19-22(30)28(23(31)33-19)12-20(29)27-7-3-4-8-27/h1-2,5-6,9-11H,3-4,7-8,12-13H2/b19-11+. The highest BCUT2D eigenvalue weighted by molar-refractivity contribution is 8.18. The van der Waals surface area contributed by atoms with Crippen LogP contribution in [-0.4, -0.2) is 46.5 Å². The van der Waals surface area contributed by atoms with E-state index in [0.717, 1.165) is 35.1 Å². The van der Waals surface area contributed by atoms with E-state index in [9.17, 15) is 14.4 Å². The Balaban J connectivity index is 1.47. The van der Waals surface area contributed by atoms with Gasteiger partial charge >= 0.3 is 0 Å². The summed E-state index contributed by atoms with van der Waals surface area (Å²) in [5.41, 5.74) is 1.32. The van der Waals surface area contributed by atoms with Gasteiger partial charge in [-0.05, 0) is 54.4 Å². The fraction of sp³-hybridized carbons (Fsp3) is 0.261. The van der Waals surface area contributed by atoms with Crippen LogP contribution in [0.1, 0.15) is 24.0 Å². The van der Waals surface area contributed by atoms with Crippen molar-refractivity contribution in [2.45, 2.75) is 19.4 Å². The molecule has 2 aromatic rings. The van der Waals surface area contributed by atoms with Gasteiger partial charge in [-0.3, -0.25) is 19.3 Å². The van der Waals surface area contributed by atoms with Gasteiger partial charge in [0.1, 0.15) is 13.2 Å². The molecule has 2 aliphatic rings. The Hall–Kier alpha value is -2.19. The molecule has 10 heteroatoms. The summed E-state index contributed by atoms with van der Waals surface area (Å²) >= 11 is 19.7. The molecule has 0 spiro atoms.